The van der Waals surface area contributed by atoms with Crippen molar-refractivity contribution >= 4 is 23.7 Å². The van der Waals surface area contributed by atoms with Crippen molar-refractivity contribution in [1.29, 1.82) is 5.26 Å². The van der Waals surface area contributed by atoms with E-state index in [0.29, 0.717) is 12.2 Å². The number of thioether (sulfide) groups is 1. The van der Waals surface area contributed by atoms with Gasteiger partial charge in [0.25, 0.3) is 0 Å². The zero-order valence-corrected chi connectivity index (χ0v) is 16.7. The first-order valence-corrected chi connectivity index (χ1v) is 9.99. The Labute approximate surface area is 172 Å². The fraction of sp³-hybridized carbons (Fsp3) is 0.250. The number of benzene rings is 1. The molecule has 2 aromatic heterocycles. The average Bonchev–Trinajstić information content (AvgIpc) is 3.16. The van der Waals surface area contributed by atoms with E-state index >= 15 is 0 Å². The van der Waals surface area contributed by atoms with Gasteiger partial charge in [0.15, 0.2) is 0 Å². The number of anilines is 1. The van der Waals surface area contributed by atoms with Gasteiger partial charge in [-0.1, -0.05) is 36.3 Å². The summed E-state index contributed by atoms with van der Waals surface area (Å²) in [6, 6.07) is 13.4. The third-order valence-electron chi connectivity index (χ3n) is 4.18. The molecule has 3 rings (SSSR count). The fourth-order valence-corrected chi connectivity index (χ4v) is 3.73. The van der Waals surface area contributed by atoms with Gasteiger partial charge in [0, 0.05) is 17.6 Å². The summed E-state index contributed by atoms with van der Waals surface area (Å²) in [5.41, 5.74) is 7.82. The quantitative estimate of drug-likeness (QED) is 0.565. The maximum absolute atomic E-state index is 13.0. The van der Waals surface area contributed by atoms with Gasteiger partial charge in [-0.05, 0) is 29.7 Å². The molecular formula is C20H20N6O2S. The van der Waals surface area contributed by atoms with Crippen LogP contribution < -0.4 is 5.73 Å². The van der Waals surface area contributed by atoms with Gasteiger partial charge >= 0.3 is 6.01 Å². The molecule has 0 aliphatic heterocycles. The molecule has 8 nitrogen and oxygen atoms in total. The topological polar surface area (TPSA) is 122 Å². The number of nitrogens with two attached hydrogens (primary N) is 1. The highest BCUT2D eigenvalue weighted by Gasteiger charge is 2.19. The summed E-state index contributed by atoms with van der Waals surface area (Å²) in [6.45, 7) is 2.53. The molecule has 0 aliphatic rings. The second kappa shape index (κ2) is 9.71. The Hall–Kier alpha value is -3.38. The number of amides is 1. The van der Waals surface area contributed by atoms with Crippen molar-refractivity contribution in [2.45, 2.75) is 31.3 Å². The average molecular weight is 408 g/mol. The monoisotopic (exact) mass is 408 g/mol. The predicted molar refractivity (Wildman–Crippen MR) is 108 cm³/mol. The number of hydrogen-bond donors (Lipinski definition) is 1. The van der Waals surface area contributed by atoms with Crippen LogP contribution in [0.15, 0.2) is 51.9 Å². The fourth-order valence-electron chi connectivity index (χ4n) is 2.70. The lowest BCUT2D eigenvalue weighted by Gasteiger charge is -2.21. The minimum absolute atomic E-state index is 0.0429. The Bertz CT molecular complexity index is 1010. The number of carbonyl (C=O) groups is 1. The van der Waals surface area contributed by atoms with E-state index in [1.54, 1.807) is 23.2 Å². The Morgan fingerprint density at radius 2 is 2.07 bits per heavy atom. The lowest BCUT2D eigenvalue weighted by molar-refractivity contribution is -0.129. The summed E-state index contributed by atoms with van der Waals surface area (Å²) < 4.78 is 5.23. The van der Waals surface area contributed by atoms with Gasteiger partial charge in [-0.25, -0.2) is 4.98 Å². The van der Waals surface area contributed by atoms with E-state index in [1.807, 2.05) is 24.3 Å². The summed E-state index contributed by atoms with van der Waals surface area (Å²) >= 11 is 1.50. The largest absolute Gasteiger partial charge is 0.406 e. The van der Waals surface area contributed by atoms with Gasteiger partial charge in [0.2, 0.25) is 11.8 Å². The van der Waals surface area contributed by atoms with E-state index in [0.717, 1.165) is 16.9 Å². The second-order valence-electron chi connectivity index (χ2n) is 6.20. The van der Waals surface area contributed by atoms with Crippen molar-refractivity contribution < 1.29 is 9.21 Å². The molecule has 0 fully saturated rings. The van der Waals surface area contributed by atoms with Gasteiger partial charge < -0.3 is 15.1 Å². The van der Waals surface area contributed by atoms with Crippen LogP contribution in [0.5, 0.6) is 0 Å². The predicted octanol–water partition coefficient (Wildman–Crippen LogP) is 2.80. The molecule has 0 bridgehead atoms. The van der Waals surface area contributed by atoms with Crippen LogP contribution in [0.4, 0.5) is 6.01 Å². The van der Waals surface area contributed by atoms with Crippen LogP contribution in [0.2, 0.25) is 0 Å². The molecule has 2 heterocycles. The molecule has 0 saturated heterocycles. The highest BCUT2D eigenvalue weighted by Crippen LogP contribution is 2.24. The minimum atomic E-state index is -0.0814. The molecule has 1 amide bonds. The number of hydrogen-bond acceptors (Lipinski definition) is 8. The minimum Gasteiger partial charge on any atom is -0.406 e. The van der Waals surface area contributed by atoms with E-state index in [9.17, 15) is 4.79 Å². The van der Waals surface area contributed by atoms with Gasteiger partial charge in [0.05, 0.1) is 12.3 Å². The number of nitrogens with zero attached hydrogens (tertiary/aromatic N) is 5. The van der Waals surface area contributed by atoms with Crippen molar-refractivity contribution in [3.63, 3.8) is 0 Å². The maximum Gasteiger partial charge on any atom is 0.312 e. The molecule has 0 aliphatic carbocycles. The maximum atomic E-state index is 13.0. The van der Waals surface area contributed by atoms with Crippen molar-refractivity contribution in [3.8, 4) is 6.07 Å². The smallest absolute Gasteiger partial charge is 0.312 e. The summed E-state index contributed by atoms with van der Waals surface area (Å²) in [6.07, 6.45) is 2.49. The zero-order valence-electron chi connectivity index (χ0n) is 15.9. The summed E-state index contributed by atoms with van der Waals surface area (Å²) in [5.74, 6) is 0.447. The van der Waals surface area contributed by atoms with E-state index in [-0.39, 0.29) is 30.1 Å². The standard InChI is InChI=1S/C20H20N6O2S/c1-2-15-5-3-4-6-17(15)29-13-19(27)26(12-18-24-25-20(22)28-18)11-14-7-8-16(9-21)23-10-14/h3-8,10H,2,11-13H2,1H3,(H2,22,25). The molecule has 0 saturated carbocycles. The molecule has 2 N–H and O–H groups in total. The second-order valence-corrected chi connectivity index (χ2v) is 7.21. The molecule has 0 radical (unpaired) electrons. The van der Waals surface area contributed by atoms with Crippen molar-refractivity contribution in [3.05, 3.63) is 65.3 Å². The van der Waals surface area contributed by atoms with E-state index in [2.05, 4.69) is 28.2 Å². The number of rotatable bonds is 8. The van der Waals surface area contributed by atoms with Gasteiger partial charge in [0.1, 0.15) is 11.8 Å². The van der Waals surface area contributed by atoms with Crippen LogP contribution >= 0.6 is 11.8 Å². The SMILES string of the molecule is CCc1ccccc1SCC(=O)N(Cc1ccc(C#N)nc1)Cc1nnc(N)o1. The van der Waals surface area contributed by atoms with E-state index < -0.39 is 0 Å². The Balaban J connectivity index is 1.73. The Morgan fingerprint density at radius 3 is 2.72 bits per heavy atom. The van der Waals surface area contributed by atoms with Crippen molar-refractivity contribution in [1.82, 2.24) is 20.1 Å². The first-order valence-electron chi connectivity index (χ1n) is 9.00. The third kappa shape index (κ3) is 5.56. The molecule has 148 valence electrons. The number of pyridine rings is 1. The van der Waals surface area contributed by atoms with Crippen LogP contribution in [0.3, 0.4) is 0 Å². The van der Waals surface area contributed by atoms with Gasteiger partial charge in [-0.15, -0.1) is 16.9 Å². The molecule has 9 heteroatoms. The summed E-state index contributed by atoms with van der Waals surface area (Å²) in [5, 5.41) is 16.4. The van der Waals surface area contributed by atoms with Crippen LogP contribution in [-0.4, -0.2) is 31.7 Å². The molecule has 3 aromatic rings. The summed E-state index contributed by atoms with van der Waals surface area (Å²) in [7, 11) is 0. The van der Waals surface area contributed by atoms with Crippen molar-refractivity contribution in [2.24, 2.45) is 0 Å². The normalized spacial score (nSPS) is 10.5. The molecule has 0 spiro atoms. The number of carbonyl (C=O) groups excluding carboxylic acids is 1. The highest BCUT2D eigenvalue weighted by atomic mass is 32.2. The Kier molecular flexibility index (Phi) is 6.81. The van der Waals surface area contributed by atoms with Gasteiger partial charge in [-0.2, -0.15) is 5.26 Å². The molecule has 0 unspecified atom stereocenters. The van der Waals surface area contributed by atoms with Gasteiger partial charge in [-0.3, -0.25) is 4.79 Å². The van der Waals surface area contributed by atoms with E-state index in [4.69, 9.17) is 15.4 Å². The first kappa shape index (κ1) is 20.4. The number of nitrogen functional groups attached to an aromatic ring is 1. The number of aryl methyl sites for hydroxylation is 1. The van der Waals surface area contributed by atoms with Crippen LogP contribution in [-0.2, 0) is 24.3 Å². The van der Waals surface area contributed by atoms with Crippen LogP contribution in [0.25, 0.3) is 0 Å². The van der Waals surface area contributed by atoms with Crippen molar-refractivity contribution in [2.75, 3.05) is 11.5 Å². The molecule has 29 heavy (non-hydrogen) atoms. The summed E-state index contributed by atoms with van der Waals surface area (Å²) in [4.78, 5) is 19.7. The van der Waals surface area contributed by atoms with Crippen LogP contribution in [0, 0.1) is 11.3 Å². The number of nitriles is 1. The highest BCUT2D eigenvalue weighted by molar-refractivity contribution is 8.00. The van der Waals surface area contributed by atoms with E-state index in [1.165, 1.54) is 17.3 Å². The number of aromatic nitrogens is 3. The zero-order chi connectivity index (χ0) is 20.6. The third-order valence-corrected chi connectivity index (χ3v) is 5.28. The Morgan fingerprint density at radius 1 is 1.24 bits per heavy atom. The lowest BCUT2D eigenvalue weighted by Crippen LogP contribution is -2.31. The molecular weight excluding hydrogens is 388 g/mol. The molecule has 0 atom stereocenters. The van der Waals surface area contributed by atoms with Crippen LogP contribution in [0.1, 0.15) is 29.6 Å². The lowest BCUT2D eigenvalue weighted by atomic mass is 10.2. The molecule has 1 aromatic carbocycles. The first-order chi connectivity index (χ1) is 14.1.